The molecule has 0 bridgehead atoms. The highest BCUT2D eigenvalue weighted by Gasteiger charge is 2.32. The predicted octanol–water partition coefficient (Wildman–Crippen LogP) is 3.98. The number of allylic oxidation sites excluding steroid dienone is 1. The molecule has 0 spiro atoms. The van der Waals surface area contributed by atoms with Crippen molar-refractivity contribution >= 4 is 29.0 Å². The molecular weight excluding hydrogens is 486 g/mol. The molecular formula is C29H25N3O4S. The van der Waals surface area contributed by atoms with Gasteiger partial charge in [0.05, 0.1) is 28.5 Å². The molecule has 3 aromatic carbocycles. The van der Waals surface area contributed by atoms with Crippen LogP contribution in [-0.2, 0) is 4.79 Å². The lowest BCUT2D eigenvalue weighted by atomic mass is 9.95. The van der Waals surface area contributed by atoms with Gasteiger partial charge in [0.1, 0.15) is 11.5 Å². The zero-order valence-electron chi connectivity index (χ0n) is 20.3. The number of thiazole rings is 1. The number of rotatable bonds is 6. The monoisotopic (exact) mass is 511 g/mol. The van der Waals surface area contributed by atoms with Gasteiger partial charge in [0, 0.05) is 5.69 Å². The molecule has 1 aliphatic rings. The van der Waals surface area contributed by atoms with E-state index in [1.165, 1.54) is 11.3 Å². The second-order valence-corrected chi connectivity index (χ2v) is 9.50. The van der Waals surface area contributed by atoms with Crippen molar-refractivity contribution < 1.29 is 14.6 Å². The summed E-state index contributed by atoms with van der Waals surface area (Å²) in [6, 6.07) is 22.6. The second-order valence-electron chi connectivity index (χ2n) is 8.50. The first-order chi connectivity index (χ1) is 17.9. The summed E-state index contributed by atoms with van der Waals surface area (Å²) >= 11 is 1.27. The fourth-order valence-corrected chi connectivity index (χ4v) is 5.33. The molecule has 1 aromatic heterocycles. The SMILES string of the molecule is CCOc1ccc([C@@H]2C(C(=O)Nc3ccccc3)=C(C)N=c3s/c(=C\c4ccc(O)cc4)c(=O)n32)cc1. The van der Waals surface area contributed by atoms with Crippen LogP contribution in [0.3, 0.4) is 0 Å². The van der Waals surface area contributed by atoms with Crippen LogP contribution in [0.4, 0.5) is 5.69 Å². The summed E-state index contributed by atoms with van der Waals surface area (Å²) < 4.78 is 7.66. The van der Waals surface area contributed by atoms with Crippen LogP contribution in [-0.4, -0.2) is 22.2 Å². The van der Waals surface area contributed by atoms with E-state index in [9.17, 15) is 14.7 Å². The quantitative estimate of drug-likeness (QED) is 0.410. The molecule has 37 heavy (non-hydrogen) atoms. The van der Waals surface area contributed by atoms with E-state index in [-0.39, 0.29) is 17.2 Å². The Hall–Kier alpha value is -4.43. The number of para-hydroxylation sites is 1. The predicted molar refractivity (Wildman–Crippen MR) is 145 cm³/mol. The number of fused-ring (bicyclic) bond motifs is 1. The van der Waals surface area contributed by atoms with Gasteiger partial charge in [0.25, 0.3) is 11.5 Å². The molecule has 186 valence electrons. The number of hydrogen-bond acceptors (Lipinski definition) is 6. The number of nitrogens with one attached hydrogen (secondary N) is 1. The fourth-order valence-electron chi connectivity index (χ4n) is 4.28. The van der Waals surface area contributed by atoms with E-state index in [0.29, 0.717) is 38.6 Å². The maximum atomic E-state index is 13.7. The third-order valence-corrected chi connectivity index (χ3v) is 6.98. The number of hydrogen-bond donors (Lipinski definition) is 2. The molecule has 8 heteroatoms. The average Bonchev–Trinajstić information content (AvgIpc) is 3.20. The minimum absolute atomic E-state index is 0.152. The summed E-state index contributed by atoms with van der Waals surface area (Å²) in [5.74, 6) is 0.542. The Labute approximate surface area is 217 Å². The van der Waals surface area contributed by atoms with Crippen LogP contribution in [0.2, 0.25) is 0 Å². The fraction of sp³-hybridized carbons (Fsp3) is 0.138. The van der Waals surface area contributed by atoms with Crippen molar-refractivity contribution in [2.75, 3.05) is 11.9 Å². The Balaban J connectivity index is 1.65. The van der Waals surface area contributed by atoms with Crippen molar-refractivity contribution in [1.82, 2.24) is 4.57 Å². The first kappa shape index (κ1) is 24.3. The van der Waals surface area contributed by atoms with Crippen molar-refractivity contribution in [3.05, 3.63) is 121 Å². The van der Waals surface area contributed by atoms with Crippen LogP contribution >= 0.6 is 11.3 Å². The van der Waals surface area contributed by atoms with Crippen LogP contribution in [0, 0.1) is 0 Å². The molecule has 1 amide bonds. The standard InChI is InChI=1S/C29H25N3O4S/c1-3-36-23-15-11-20(12-16-23)26-25(27(34)31-21-7-5-4-6-8-21)18(2)30-29-32(26)28(35)24(37-29)17-19-9-13-22(33)14-10-19/h4-17,26,33H,3H2,1-2H3,(H,31,34)/b24-17-/t26-/m1/s1. The van der Waals surface area contributed by atoms with E-state index in [2.05, 4.69) is 10.3 Å². The minimum atomic E-state index is -0.669. The Morgan fingerprint density at radius 3 is 2.46 bits per heavy atom. The van der Waals surface area contributed by atoms with E-state index >= 15 is 0 Å². The smallest absolute Gasteiger partial charge is 0.271 e. The van der Waals surface area contributed by atoms with Crippen molar-refractivity contribution in [1.29, 1.82) is 0 Å². The Bertz CT molecular complexity index is 1650. The number of phenols is 1. The van der Waals surface area contributed by atoms with Gasteiger partial charge >= 0.3 is 0 Å². The molecule has 0 aliphatic carbocycles. The number of anilines is 1. The molecule has 0 radical (unpaired) electrons. The molecule has 2 N–H and O–H groups in total. The average molecular weight is 512 g/mol. The number of nitrogens with zero attached hydrogens (tertiary/aromatic N) is 2. The zero-order valence-corrected chi connectivity index (χ0v) is 21.2. The number of carbonyl (C=O) groups is 1. The number of benzene rings is 3. The van der Waals surface area contributed by atoms with E-state index < -0.39 is 6.04 Å². The number of aromatic nitrogens is 1. The van der Waals surface area contributed by atoms with Crippen molar-refractivity contribution in [3.8, 4) is 11.5 Å². The van der Waals surface area contributed by atoms with Crippen molar-refractivity contribution in [3.63, 3.8) is 0 Å². The maximum absolute atomic E-state index is 13.7. The van der Waals surface area contributed by atoms with Gasteiger partial charge in [-0.25, -0.2) is 4.99 Å². The highest BCUT2D eigenvalue weighted by molar-refractivity contribution is 7.07. The van der Waals surface area contributed by atoms with Crippen LogP contribution in [0.15, 0.2) is 99.9 Å². The molecule has 4 aromatic rings. The second kappa shape index (κ2) is 10.3. The highest BCUT2D eigenvalue weighted by Crippen LogP contribution is 2.31. The largest absolute Gasteiger partial charge is 0.508 e. The van der Waals surface area contributed by atoms with Gasteiger partial charge in [-0.1, -0.05) is 53.8 Å². The summed E-state index contributed by atoms with van der Waals surface area (Å²) in [7, 11) is 0. The minimum Gasteiger partial charge on any atom is -0.508 e. The van der Waals surface area contributed by atoms with Gasteiger partial charge in [0.2, 0.25) is 0 Å². The Morgan fingerprint density at radius 2 is 1.78 bits per heavy atom. The normalized spacial score (nSPS) is 15.2. The van der Waals surface area contributed by atoms with E-state index in [4.69, 9.17) is 4.74 Å². The summed E-state index contributed by atoms with van der Waals surface area (Å²) in [5, 5.41) is 12.5. The molecule has 7 nitrogen and oxygen atoms in total. The van der Waals surface area contributed by atoms with Gasteiger partial charge in [-0.15, -0.1) is 0 Å². The topological polar surface area (TPSA) is 92.9 Å². The number of phenolic OH excluding ortho intramolecular Hbond substituents is 1. The first-order valence-electron chi connectivity index (χ1n) is 11.9. The van der Waals surface area contributed by atoms with Gasteiger partial charge < -0.3 is 15.2 Å². The van der Waals surface area contributed by atoms with Gasteiger partial charge in [0.15, 0.2) is 4.80 Å². The molecule has 0 fully saturated rings. The van der Waals surface area contributed by atoms with Crippen molar-refractivity contribution in [2.24, 2.45) is 4.99 Å². The summed E-state index contributed by atoms with van der Waals surface area (Å²) in [5.41, 5.74) is 2.91. The van der Waals surface area contributed by atoms with E-state index in [1.54, 1.807) is 41.8 Å². The zero-order chi connectivity index (χ0) is 25.9. The molecule has 0 saturated heterocycles. The lowest BCUT2D eigenvalue weighted by molar-refractivity contribution is -0.113. The molecule has 2 heterocycles. The summed E-state index contributed by atoms with van der Waals surface area (Å²) in [6.07, 6.45) is 1.77. The van der Waals surface area contributed by atoms with Crippen molar-refractivity contribution in [2.45, 2.75) is 19.9 Å². The summed E-state index contributed by atoms with van der Waals surface area (Å²) in [6.45, 7) is 4.24. The Kier molecular flexibility index (Phi) is 6.74. The third kappa shape index (κ3) is 4.96. The van der Waals surface area contributed by atoms with Crippen LogP contribution in [0.5, 0.6) is 11.5 Å². The molecule has 5 rings (SSSR count). The lowest BCUT2D eigenvalue weighted by Gasteiger charge is -2.25. The lowest BCUT2D eigenvalue weighted by Crippen LogP contribution is -2.40. The van der Waals surface area contributed by atoms with Crippen LogP contribution < -0.4 is 24.9 Å². The highest BCUT2D eigenvalue weighted by atomic mass is 32.1. The van der Waals surface area contributed by atoms with E-state index in [1.807, 2.05) is 61.5 Å². The number of carbonyl (C=O) groups excluding carboxylic acids is 1. The number of amides is 1. The molecule has 0 unspecified atom stereocenters. The van der Waals surface area contributed by atoms with Gasteiger partial charge in [-0.2, -0.15) is 0 Å². The molecule has 1 aliphatic heterocycles. The van der Waals surface area contributed by atoms with Crippen LogP contribution in [0.25, 0.3) is 6.08 Å². The number of aromatic hydroxyl groups is 1. The maximum Gasteiger partial charge on any atom is 0.271 e. The van der Waals surface area contributed by atoms with Gasteiger partial charge in [-0.3, -0.25) is 14.2 Å². The molecule has 1 atom stereocenters. The van der Waals surface area contributed by atoms with Crippen LogP contribution in [0.1, 0.15) is 31.0 Å². The molecule has 0 saturated carbocycles. The third-order valence-electron chi connectivity index (χ3n) is 6.00. The first-order valence-corrected chi connectivity index (χ1v) is 12.7. The van der Waals surface area contributed by atoms with E-state index in [0.717, 1.165) is 11.1 Å². The Morgan fingerprint density at radius 1 is 1.08 bits per heavy atom. The van der Waals surface area contributed by atoms with Gasteiger partial charge in [-0.05, 0) is 67.4 Å². The number of ether oxygens (including phenoxy) is 1. The summed E-state index contributed by atoms with van der Waals surface area (Å²) in [4.78, 5) is 32.5.